The Morgan fingerprint density at radius 2 is 0.836 bits per heavy atom. The molecule has 314 valence electrons. The van der Waals surface area contributed by atoms with Gasteiger partial charge in [0.2, 0.25) is 0 Å². The predicted octanol–water partition coefficient (Wildman–Crippen LogP) is 17.3. The van der Waals surface area contributed by atoms with Crippen molar-refractivity contribution in [3.63, 3.8) is 0 Å². The average Bonchev–Trinajstić information content (AvgIpc) is 4.14. The first-order valence-corrected chi connectivity index (χ1v) is 23.3. The van der Waals surface area contributed by atoms with Crippen molar-refractivity contribution in [1.29, 1.82) is 0 Å². The lowest BCUT2D eigenvalue weighted by Crippen LogP contribution is -2.26. The Balaban J connectivity index is 0.994. The molecule has 3 nitrogen and oxygen atoms in total. The summed E-state index contributed by atoms with van der Waals surface area (Å²) in [4.78, 5) is 2.48. The summed E-state index contributed by atoms with van der Waals surface area (Å²) < 4.78 is 13.6. The molecule has 0 saturated heterocycles. The number of rotatable bonds is 4. The van der Waals surface area contributed by atoms with Gasteiger partial charge in [0.1, 0.15) is 22.3 Å². The van der Waals surface area contributed by atoms with Crippen molar-refractivity contribution in [2.75, 3.05) is 4.90 Å². The third kappa shape index (κ3) is 4.80. The first-order valence-electron chi connectivity index (χ1n) is 23.3. The first kappa shape index (κ1) is 36.9. The first-order chi connectivity index (χ1) is 33.0. The number of benzene rings is 10. The van der Waals surface area contributed by atoms with E-state index in [9.17, 15) is 0 Å². The van der Waals surface area contributed by atoms with E-state index in [0.29, 0.717) is 0 Å². The summed E-state index contributed by atoms with van der Waals surface area (Å²) in [7, 11) is 0. The van der Waals surface area contributed by atoms with Gasteiger partial charge in [-0.3, -0.25) is 0 Å². The fourth-order valence-electron chi connectivity index (χ4n) is 12.6. The highest BCUT2D eigenvalue weighted by Crippen LogP contribution is 2.63. The van der Waals surface area contributed by atoms with E-state index < -0.39 is 5.41 Å². The molecule has 0 unspecified atom stereocenters. The van der Waals surface area contributed by atoms with E-state index in [1.165, 1.54) is 72.3 Å². The van der Waals surface area contributed by atoms with E-state index in [1.54, 1.807) is 0 Å². The highest BCUT2D eigenvalue weighted by molar-refractivity contribution is 6.19. The summed E-state index contributed by atoms with van der Waals surface area (Å²) in [6.45, 7) is 4.73. The molecule has 0 saturated carbocycles. The van der Waals surface area contributed by atoms with E-state index in [0.717, 1.165) is 66.5 Å². The Labute approximate surface area is 387 Å². The van der Waals surface area contributed by atoms with E-state index >= 15 is 0 Å². The van der Waals surface area contributed by atoms with Crippen LogP contribution in [0.2, 0.25) is 0 Å². The molecular weight excluding hydrogens is 815 g/mol. The second-order valence-corrected chi connectivity index (χ2v) is 19.1. The Morgan fingerprint density at radius 3 is 1.51 bits per heavy atom. The normalized spacial score (nSPS) is 14.4. The van der Waals surface area contributed by atoms with Gasteiger partial charge in [-0.25, -0.2) is 0 Å². The van der Waals surface area contributed by atoms with Crippen molar-refractivity contribution < 1.29 is 8.83 Å². The SMILES string of the molecule is CC1(C)c2ccccc2-c2ccc(N(c3ccc4c(c3)C3(c5ccccc5-c5ccccc53)c3ccccc3-4)c3cccc4oc5cc6c(cc5c34)oc3ccc(-c4ccccc4)cc36)cc21. The number of hydrogen-bond donors (Lipinski definition) is 0. The van der Waals surface area contributed by atoms with Crippen molar-refractivity contribution >= 4 is 60.9 Å². The molecule has 67 heavy (non-hydrogen) atoms. The molecule has 3 aliphatic carbocycles. The van der Waals surface area contributed by atoms with Gasteiger partial charge in [-0.15, -0.1) is 0 Å². The molecule has 12 aromatic rings. The maximum atomic E-state index is 6.91. The number of fused-ring (bicyclic) bond motifs is 19. The van der Waals surface area contributed by atoms with E-state index in [-0.39, 0.29) is 5.41 Å². The van der Waals surface area contributed by atoms with Crippen molar-refractivity contribution in [2.45, 2.75) is 24.7 Å². The summed E-state index contributed by atoms with van der Waals surface area (Å²) in [5.41, 5.74) is 24.0. The number of nitrogens with zero attached hydrogens (tertiary/aromatic N) is 1. The van der Waals surface area contributed by atoms with Gasteiger partial charge in [0.15, 0.2) is 0 Å². The zero-order valence-electron chi connectivity index (χ0n) is 37.0. The van der Waals surface area contributed by atoms with Crippen LogP contribution in [0, 0.1) is 0 Å². The van der Waals surface area contributed by atoms with Crippen LogP contribution in [-0.4, -0.2) is 0 Å². The van der Waals surface area contributed by atoms with Crippen LogP contribution in [0.5, 0.6) is 0 Å². The smallest absolute Gasteiger partial charge is 0.137 e. The Kier molecular flexibility index (Phi) is 7.22. The standard InChI is InChI=1S/C64H41NO2/c1-63(2)51-21-10-6-17-42(51)46-30-28-40(34-55(46)63)65(41-29-31-47-45-20-9-13-24-54(45)64(56(47)35-41)52-22-11-7-18-43(52)44-19-8-12-23-53(44)64)57-25-14-26-59-62(57)50-37-60-49(36-61(50)67-59)48-33-39(27-32-58(48)66-60)38-15-4-3-5-16-38/h3-37H,1-2H3. The molecule has 0 amide bonds. The topological polar surface area (TPSA) is 29.5 Å². The van der Waals surface area contributed by atoms with Crippen LogP contribution in [0.15, 0.2) is 221 Å². The van der Waals surface area contributed by atoms with Crippen LogP contribution in [0.1, 0.15) is 47.2 Å². The van der Waals surface area contributed by atoms with Gasteiger partial charge in [-0.2, -0.15) is 0 Å². The second kappa shape index (κ2) is 13.1. The van der Waals surface area contributed by atoms with E-state index in [1.807, 2.05) is 0 Å². The minimum Gasteiger partial charge on any atom is -0.456 e. The Bertz CT molecular complexity index is 4030. The monoisotopic (exact) mass is 855 g/mol. The molecule has 3 heteroatoms. The summed E-state index contributed by atoms with van der Waals surface area (Å²) in [5, 5.41) is 4.18. The molecule has 2 aromatic heterocycles. The largest absolute Gasteiger partial charge is 0.456 e. The lowest BCUT2D eigenvalue weighted by Gasteiger charge is -2.32. The van der Waals surface area contributed by atoms with Gasteiger partial charge in [-0.05, 0) is 139 Å². The van der Waals surface area contributed by atoms with Crippen LogP contribution in [0.4, 0.5) is 17.1 Å². The number of anilines is 3. The summed E-state index contributed by atoms with van der Waals surface area (Å²) >= 11 is 0. The molecule has 0 atom stereocenters. The van der Waals surface area contributed by atoms with Crippen molar-refractivity contribution in [1.82, 2.24) is 0 Å². The lowest BCUT2D eigenvalue weighted by atomic mass is 9.70. The third-order valence-electron chi connectivity index (χ3n) is 15.5. The number of hydrogen-bond acceptors (Lipinski definition) is 3. The van der Waals surface area contributed by atoms with Crippen molar-refractivity contribution in [3.05, 3.63) is 246 Å². The summed E-state index contributed by atoms with van der Waals surface area (Å²) in [5.74, 6) is 0. The molecule has 10 aromatic carbocycles. The van der Waals surface area contributed by atoms with Crippen molar-refractivity contribution in [2.24, 2.45) is 0 Å². The lowest BCUT2D eigenvalue weighted by molar-refractivity contribution is 0.660. The summed E-state index contributed by atoms with van der Waals surface area (Å²) in [6.07, 6.45) is 0. The van der Waals surface area contributed by atoms with Crippen molar-refractivity contribution in [3.8, 4) is 44.5 Å². The fraction of sp³-hybridized carbons (Fsp3) is 0.0625. The molecular formula is C64H41NO2. The Hall–Kier alpha value is -8.40. The minimum atomic E-state index is -0.482. The fourth-order valence-corrected chi connectivity index (χ4v) is 12.6. The van der Waals surface area contributed by atoms with Gasteiger partial charge in [0.05, 0.1) is 16.5 Å². The zero-order valence-corrected chi connectivity index (χ0v) is 37.0. The Morgan fingerprint density at radius 1 is 0.328 bits per heavy atom. The highest BCUT2D eigenvalue weighted by Gasteiger charge is 2.51. The molecule has 1 spiro atoms. The maximum Gasteiger partial charge on any atom is 0.137 e. The summed E-state index contributed by atoms with van der Waals surface area (Å²) in [6, 6.07) is 78.2. The van der Waals surface area contributed by atoms with Crippen LogP contribution in [0.25, 0.3) is 88.4 Å². The van der Waals surface area contributed by atoms with Gasteiger partial charge in [0.25, 0.3) is 0 Å². The van der Waals surface area contributed by atoms with E-state index in [4.69, 9.17) is 8.83 Å². The molecule has 0 N–H and O–H groups in total. The molecule has 0 bridgehead atoms. The highest BCUT2D eigenvalue weighted by atomic mass is 16.3. The number of furan rings is 2. The molecule has 0 radical (unpaired) electrons. The minimum absolute atomic E-state index is 0.184. The van der Waals surface area contributed by atoms with Gasteiger partial charge < -0.3 is 13.7 Å². The molecule has 0 fully saturated rings. The predicted molar refractivity (Wildman–Crippen MR) is 275 cm³/mol. The molecule has 15 rings (SSSR count). The molecule has 3 aliphatic rings. The molecule has 0 aliphatic heterocycles. The second-order valence-electron chi connectivity index (χ2n) is 19.1. The van der Waals surface area contributed by atoms with Gasteiger partial charge in [-0.1, -0.05) is 166 Å². The van der Waals surface area contributed by atoms with Crippen LogP contribution in [-0.2, 0) is 10.8 Å². The van der Waals surface area contributed by atoms with Crippen LogP contribution in [0.3, 0.4) is 0 Å². The van der Waals surface area contributed by atoms with Crippen LogP contribution < -0.4 is 4.90 Å². The third-order valence-corrected chi connectivity index (χ3v) is 15.5. The van der Waals surface area contributed by atoms with E-state index in [2.05, 4.69) is 231 Å². The average molecular weight is 856 g/mol. The maximum absolute atomic E-state index is 6.91. The quantitative estimate of drug-likeness (QED) is 0.177. The molecule has 2 heterocycles. The zero-order chi connectivity index (χ0) is 44.2. The van der Waals surface area contributed by atoms with Crippen LogP contribution >= 0.6 is 0 Å². The van der Waals surface area contributed by atoms with Gasteiger partial charge in [0, 0.05) is 32.9 Å². The van der Waals surface area contributed by atoms with Gasteiger partial charge >= 0.3 is 0 Å².